The lowest BCUT2D eigenvalue weighted by molar-refractivity contribution is 0.477. The third-order valence-electron chi connectivity index (χ3n) is 4.75. The molecule has 1 N–H and O–H groups in total. The van der Waals surface area contributed by atoms with Crippen LogP contribution in [0.4, 0.5) is 10.2 Å². The van der Waals surface area contributed by atoms with Crippen LogP contribution in [0.1, 0.15) is 18.4 Å². The molecule has 2 heterocycles. The van der Waals surface area contributed by atoms with Crippen molar-refractivity contribution in [1.29, 1.82) is 0 Å². The molecule has 3 aromatic rings. The second kappa shape index (κ2) is 7.25. The number of rotatable bonds is 5. The lowest BCUT2D eigenvalue weighted by Crippen LogP contribution is -2.27. The fourth-order valence-electron chi connectivity index (χ4n) is 3.23. The topological polar surface area (TPSA) is 62.3 Å². The molecule has 0 spiro atoms. The Labute approximate surface area is 157 Å². The number of anilines is 1. The first-order chi connectivity index (χ1) is 13.0. The van der Waals surface area contributed by atoms with E-state index in [9.17, 15) is 12.8 Å². The van der Waals surface area contributed by atoms with Crippen molar-refractivity contribution in [1.82, 2.24) is 9.29 Å². The Morgan fingerprint density at radius 1 is 1.00 bits per heavy atom. The summed E-state index contributed by atoms with van der Waals surface area (Å²) in [5, 5.41) is 3.98. The number of fused-ring (bicyclic) bond motifs is 1. The molecule has 2 aromatic carbocycles. The molecule has 1 aliphatic heterocycles. The molecule has 1 fully saturated rings. The van der Waals surface area contributed by atoms with Gasteiger partial charge in [-0.05, 0) is 60.9 Å². The normalized spacial score (nSPS) is 15.3. The van der Waals surface area contributed by atoms with Gasteiger partial charge < -0.3 is 5.32 Å². The number of nitrogens with zero attached hydrogens (tertiary/aromatic N) is 2. The maximum atomic E-state index is 13.0. The third-order valence-corrected chi connectivity index (χ3v) is 6.64. The highest BCUT2D eigenvalue weighted by atomic mass is 32.2. The van der Waals surface area contributed by atoms with Crippen LogP contribution < -0.4 is 5.32 Å². The number of benzene rings is 2. The fourth-order valence-corrected chi connectivity index (χ4v) is 4.79. The van der Waals surface area contributed by atoms with Crippen molar-refractivity contribution in [3.05, 3.63) is 66.0 Å². The zero-order valence-corrected chi connectivity index (χ0v) is 15.5. The van der Waals surface area contributed by atoms with Gasteiger partial charge in [0.15, 0.2) is 0 Å². The van der Waals surface area contributed by atoms with Crippen molar-refractivity contribution in [3.8, 4) is 0 Å². The van der Waals surface area contributed by atoms with E-state index in [-0.39, 0.29) is 5.82 Å². The molecule has 5 nitrogen and oxygen atoms in total. The summed E-state index contributed by atoms with van der Waals surface area (Å²) in [5.41, 5.74) is 1.67. The van der Waals surface area contributed by atoms with Gasteiger partial charge in [-0.1, -0.05) is 12.1 Å². The minimum atomic E-state index is -3.43. The van der Waals surface area contributed by atoms with E-state index in [4.69, 9.17) is 0 Å². The highest BCUT2D eigenvalue weighted by Crippen LogP contribution is 2.24. The van der Waals surface area contributed by atoms with Gasteiger partial charge in [-0.25, -0.2) is 17.8 Å². The molecule has 0 amide bonds. The van der Waals surface area contributed by atoms with Gasteiger partial charge in [0.05, 0.1) is 10.4 Å². The SMILES string of the molecule is O=S(=O)(c1ccc2nc(NCc3ccc(F)cc3)ccc2c1)N1CCCC1. The maximum absolute atomic E-state index is 13.0. The summed E-state index contributed by atoms with van der Waals surface area (Å²) in [4.78, 5) is 4.85. The quantitative estimate of drug-likeness (QED) is 0.726. The number of pyridine rings is 1. The van der Waals surface area contributed by atoms with Crippen LogP contribution in [0.3, 0.4) is 0 Å². The first kappa shape index (κ1) is 17.9. The molecule has 1 aliphatic rings. The Balaban J connectivity index is 1.54. The van der Waals surface area contributed by atoms with E-state index < -0.39 is 10.0 Å². The molecule has 27 heavy (non-hydrogen) atoms. The van der Waals surface area contributed by atoms with Crippen molar-refractivity contribution < 1.29 is 12.8 Å². The number of halogens is 1. The highest BCUT2D eigenvalue weighted by molar-refractivity contribution is 7.89. The van der Waals surface area contributed by atoms with Gasteiger partial charge in [0.25, 0.3) is 0 Å². The van der Waals surface area contributed by atoms with Gasteiger partial charge in [0.1, 0.15) is 11.6 Å². The summed E-state index contributed by atoms with van der Waals surface area (Å²) in [7, 11) is -3.43. The van der Waals surface area contributed by atoms with Gasteiger partial charge >= 0.3 is 0 Å². The second-order valence-corrected chi connectivity index (χ2v) is 8.58. The molecule has 4 rings (SSSR count). The van der Waals surface area contributed by atoms with Crippen LogP contribution in [-0.4, -0.2) is 30.8 Å². The van der Waals surface area contributed by atoms with E-state index in [0.717, 1.165) is 29.3 Å². The zero-order chi connectivity index (χ0) is 18.9. The van der Waals surface area contributed by atoms with Crippen LogP contribution in [0.15, 0.2) is 59.5 Å². The number of aromatic nitrogens is 1. The summed E-state index contributed by atoms with van der Waals surface area (Å²) >= 11 is 0. The van der Waals surface area contributed by atoms with Crippen LogP contribution >= 0.6 is 0 Å². The van der Waals surface area contributed by atoms with E-state index in [2.05, 4.69) is 10.3 Å². The Morgan fingerprint density at radius 3 is 2.48 bits per heavy atom. The average molecular weight is 385 g/mol. The van der Waals surface area contributed by atoms with Crippen LogP contribution in [0.5, 0.6) is 0 Å². The Hall–Kier alpha value is -2.51. The molecule has 140 valence electrons. The van der Waals surface area contributed by atoms with E-state index in [1.165, 1.54) is 12.1 Å². The minimum absolute atomic E-state index is 0.262. The van der Waals surface area contributed by atoms with Crippen molar-refractivity contribution in [2.24, 2.45) is 0 Å². The van der Waals surface area contributed by atoms with E-state index in [0.29, 0.717) is 30.3 Å². The summed E-state index contributed by atoms with van der Waals surface area (Å²) in [6.07, 6.45) is 1.83. The van der Waals surface area contributed by atoms with E-state index >= 15 is 0 Å². The minimum Gasteiger partial charge on any atom is -0.366 e. The fraction of sp³-hybridized carbons (Fsp3) is 0.250. The number of sulfonamides is 1. The lowest BCUT2D eigenvalue weighted by atomic mass is 10.2. The smallest absolute Gasteiger partial charge is 0.243 e. The van der Waals surface area contributed by atoms with Gasteiger partial charge in [-0.2, -0.15) is 4.31 Å². The second-order valence-electron chi connectivity index (χ2n) is 6.64. The number of hydrogen-bond acceptors (Lipinski definition) is 4. The Bertz CT molecular complexity index is 1060. The third kappa shape index (κ3) is 3.79. The molecule has 0 atom stereocenters. The average Bonchev–Trinajstić information content (AvgIpc) is 3.23. The molecule has 0 aliphatic carbocycles. The Morgan fingerprint density at radius 2 is 1.74 bits per heavy atom. The highest BCUT2D eigenvalue weighted by Gasteiger charge is 2.27. The molecule has 1 saturated heterocycles. The molecular formula is C20H20FN3O2S. The van der Waals surface area contributed by atoms with Crippen LogP contribution in [0.25, 0.3) is 10.9 Å². The molecule has 0 unspecified atom stereocenters. The van der Waals surface area contributed by atoms with Crippen LogP contribution in [0, 0.1) is 5.82 Å². The summed E-state index contributed by atoms with van der Waals surface area (Å²) in [6.45, 7) is 1.70. The molecule has 1 aromatic heterocycles. The van der Waals surface area contributed by atoms with Crippen LogP contribution in [-0.2, 0) is 16.6 Å². The van der Waals surface area contributed by atoms with E-state index in [1.54, 1.807) is 34.6 Å². The summed E-state index contributed by atoms with van der Waals surface area (Å²) in [5.74, 6) is 0.421. The molecule has 0 bridgehead atoms. The maximum Gasteiger partial charge on any atom is 0.243 e. The lowest BCUT2D eigenvalue weighted by Gasteiger charge is -2.15. The molecular weight excluding hydrogens is 365 g/mol. The van der Waals surface area contributed by atoms with E-state index in [1.807, 2.05) is 12.1 Å². The van der Waals surface area contributed by atoms with Gasteiger partial charge in [0.2, 0.25) is 10.0 Å². The zero-order valence-electron chi connectivity index (χ0n) is 14.7. The summed E-state index contributed by atoms with van der Waals surface area (Å²) < 4.78 is 39.9. The van der Waals surface area contributed by atoms with Crippen LogP contribution in [0.2, 0.25) is 0 Å². The van der Waals surface area contributed by atoms with Crippen molar-refractivity contribution in [2.75, 3.05) is 18.4 Å². The molecule has 0 saturated carbocycles. The largest absolute Gasteiger partial charge is 0.366 e. The Kier molecular flexibility index (Phi) is 4.80. The number of hydrogen-bond donors (Lipinski definition) is 1. The van der Waals surface area contributed by atoms with Gasteiger partial charge in [0, 0.05) is 25.0 Å². The van der Waals surface area contributed by atoms with Gasteiger partial charge in [-0.3, -0.25) is 0 Å². The summed E-state index contributed by atoms with van der Waals surface area (Å²) in [6, 6.07) is 15.0. The molecule has 0 radical (unpaired) electrons. The monoisotopic (exact) mass is 385 g/mol. The van der Waals surface area contributed by atoms with Crippen molar-refractivity contribution >= 4 is 26.7 Å². The molecule has 7 heteroatoms. The van der Waals surface area contributed by atoms with Crippen molar-refractivity contribution in [2.45, 2.75) is 24.3 Å². The first-order valence-corrected chi connectivity index (χ1v) is 10.4. The predicted octanol–water partition coefficient (Wildman–Crippen LogP) is 3.77. The van der Waals surface area contributed by atoms with Crippen molar-refractivity contribution in [3.63, 3.8) is 0 Å². The van der Waals surface area contributed by atoms with Gasteiger partial charge in [-0.15, -0.1) is 0 Å². The predicted molar refractivity (Wildman–Crippen MR) is 103 cm³/mol. The number of nitrogens with one attached hydrogen (secondary N) is 1. The first-order valence-electron chi connectivity index (χ1n) is 8.92. The standard InChI is InChI=1S/C20H20FN3O2S/c21-17-6-3-15(4-7-17)14-22-20-10-5-16-13-18(8-9-19(16)23-20)27(25,26)24-11-1-2-12-24/h3-10,13H,1-2,11-12,14H2,(H,22,23).